The van der Waals surface area contributed by atoms with Gasteiger partial charge in [0.25, 0.3) is 0 Å². The average Bonchev–Trinajstić information content (AvgIpc) is 2.36. The summed E-state index contributed by atoms with van der Waals surface area (Å²) < 4.78 is 0. The van der Waals surface area contributed by atoms with E-state index in [1.54, 1.807) is 0 Å². The lowest BCUT2D eigenvalue weighted by Crippen LogP contribution is -2.34. The Morgan fingerprint density at radius 2 is 2.45 bits per heavy atom. The van der Waals surface area contributed by atoms with Crippen LogP contribution >= 0.6 is 0 Å². The van der Waals surface area contributed by atoms with Crippen LogP contribution in [-0.4, -0.2) is 40.1 Å². The molecule has 62 valence electrons. The predicted molar refractivity (Wildman–Crippen MR) is 37.6 cm³/mol. The molecule has 5 heteroatoms. The Morgan fingerprint density at radius 1 is 1.73 bits per heavy atom. The van der Waals surface area contributed by atoms with Crippen molar-refractivity contribution in [3.63, 3.8) is 0 Å². The summed E-state index contributed by atoms with van der Waals surface area (Å²) in [7, 11) is 0. The first-order valence-corrected chi connectivity index (χ1v) is 3.42. The van der Waals surface area contributed by atoms with Crippen molar-refractivity contribution in [2.45, 2.75) is 18.9 Å². The molecule has 0 bridgehead atoms. The molecule has 1 rings (SSSR count). The molecular formula is C6H10N2O3. The molecule has 0 radical (unpaired) electrons. The molecule has 1 saturated heterocycles. The van der Waals surface area contributed by atoms with Gasteiger partial charge in [-0.25, -0.2) is 4.79 Å². The second kappa shape index (κ2) is 3.23. The Morgan fingerprint density at radius 3 is 3.00 bits per heavy atom. The van der Waals surface area contributed by atoms with Crippen molar-refractivity contribution >= 4 is 12.3 Å². The lowest BCUT2D eigenvalue weighted by atomic mass is 10.2. The maximum absolute atomic E-state index is 10.5. The van der Waals surface area contributed by atoms with Gasteiger partial charge < -0.3 is 15.2 Å². The minimum Gasteiger partial charge on any atom is -0.480 e. The molecule has 0 aromatic carbocycles. The van der Waals surface area contributed by atoms with E-state index < -0.39 is 12.0 Å². The van der Waals surface area contributed by atoms with Crippen molar-refractivity contribution in [3.8, 4) is 0 Å². The van der Waals surface area contributed by atoms with Crippen LogP contribution in [0.15, 0.2) is 5.16 Å². The lowest BCUT2D eigenvalue weighted by molar-refractivity contribution is -0.140. The third-order valence-electron chi connectivity index (χ3n) is 1.78. The van der Waals surface area contributed by atoms with E-state index in [2.05, 4.69) is 5.16 Å². The van der Waals surface area contributed by atoms with Crippen LogP contribution in [0.3, 0.4) is 0 Å². The van der Waals surface area contributed by atoms with E-state index in [4.69, 9.17) is 10.3 Å². The summed E-state index contributed by atoms with van der Waals surface area (Å²) in [6.07, 6.45) is 2.62. The molecular weight excluding hydrogens is 148 g/mol. The number of hydrogen-bond donors (Lipinski definition) is 2. The zero-order valence-electron chi connectivity index (χ0n) is 5.97. The molecule has 0 unspecified atom stereocenters. The van der Waals surface area contributed by atoms with Gasteiger partial charge >= 0.3 is 5.97 Å². The number of nitrogens with zero attached hydrogens (tertiary/aromatic N) is 2. The summed E-state index contributed by atoms with van der Waals surface area (Å²) in [6, 6.07) is -0.508. The summed E-state index contributed by atoms with van der Waals surface area (Å²) in [6.45, 7) is 0.654. The Hall–Kier alpha value is -1.26. The highest BCUT2D eigenvalue weighted by Gasteiger charge is 2.28. The summed E-state index contributed by atoms with van der Waals surface area (Å²) in [5, 5.41) is 19.6. The second-order valence-electron chi connectivity index (χ2n) is 2.47. The van der Waals surface area contributed by atoms with Gasteiger partial charge in [-0.2, -0.15) is 0 Å². The lowest BCUT2D eigenvalue weighted by Gasteiger charge is -2.15. The Labute approximate surface area is 63.9 Å². The number of carbonyl (C=O) groups is 1. The van der Waals surface area contributed by atoms with Gasteiger partial charge in [0.2, 0.25) is 0 Å². The molecule has 0 saturated carbocycles. The number of carboxylic acid groups (broad SMARTS) is 1. The Bertz CT molecular complexity index is 181. The van der Waals surface area contributed by atoms with Crippen molar-refractivity contribution in [3.05, 3.63) is 0 Å². The third kappa shape index (κ3) is 1.60. The fourth-order valence-electron chi connectivity index (χ4n) is 1.26. The van der Waals surface area contributed by atoms with Gasteiger partial charge in [-0.15, -0.1) is 0 Å². The van der Waals surface area contributed by atoms with Crippen LogP contribution in [0.2, 0.25) is 0 Å². The Kier molecular flexibility index (Phi) is 2.30. The molecule has 0 aliphatic carbocycles. The molecule has 2 N–H and O–H groups in total. The van der Waals surface area contributed by atoms with Crippen LogP contribution in [0.1, 0.15) is 12.8 Å². The molecule has 1 heterocycles. The smallest absolute Gasteiger partial charge is 0.326 e. The number of rotatable bonds is 2. The van der Waals surface area contributed by atoms with E-state index in [0.717, 1.165) is 12.8 Å². The molecule has 11 heavy (non-hydrogen) atoms. The molecule has 0 aromatic rings. The number of aliphatic carboxylic acids is 1. The minimum atomic E-state index is -0.859. The van der Waals surface area contributed by atoms with Crippen LogP contribution in [0.5, 0.6) is 0 Å². The normalized spacial score (nSPS) is 24.7. The summed E-state index contributed by atoms with van der Waals surface area (Å²) >= 11 is 0. The number of oxime groups is 1. The first-order chi connectivity index (χ1) is 5.25. The van der Waals surface area contributed by atoms with E-state index in [0.29, 0.717) is 13.0 Å². The zero-order valence-corrected chi connectivity index (χ0v) is 5.97. The predicted octanol–water partition coefficient (Wildman–Crippen LogP) is -0.0471. The Balaban J connectivity index is 2.57. The number of carboxylic acids is 1. The molecule has 5 nitrogen and oxygen atoms in total. The fourth-order valence-corrected chi connectivity index (χ4v) is 1.26. The van der Waals surface area contributed by atoms with Crippen molar-refractivity contribution in [1.29, 1.82) is 0 Å². The van der Waals surface area contributed by atoms with E-state index >= 15 is 0 Å². The quantitative estimate of drug-likeness (QED) is 0.256. The SMILES string of the molecule is O=C(O)[C@@H]1CCCN1/C=N/O. The van der Waals surface area contributed by atoms with Crippen LogP contribution < -0.4 is 0 Å². The van der Waals surface area contributed by atoms with Crippen LogP contribution in [0.25, 0.3) is 0 Å². The highest BCUT2D eigenvalue weighted by Crippen LogP contribution is 2.14. The van der Waals surface area contributed by atoms with E-state index in [1.807, 2.05) is 0 Å². The van der Waals surface area contributed by atoms with E-state index in [1.165, 1.54) is 4.90 Å². The molecule has 0 spiro atoms. The molecule has 1 atom stereocenters. The van der Waals surface area contributed by atoms with Gasteiger partial charge in [-0.3, -0.25) is 0 Å². The zero-order chi connectivity index (χ0) is 8.27. The highest BCUT2D eigenvalue weighted by atomic mass is 16.4. The number of likely N-dealkylation sites (tertiary alicyclic amines) is 1. The summed E-state index contributed by atoms with van der Waals surface area (Å²) in [4.78, 5) is 12.0. The summed E-state index contributed by atoms with van der Waals surface area (Å²) in [5.41, 5.74) is 0. The summed E-state index contributed by atoms with van der Waals surface area (Å²) in [5.74, 6) is -0.859. The monoisotopic (exact) mass is 158 g/mol. The topological polar surface area (TPSA) is 73.1 Å². The van der Waals surface area contributed by atoms with Crippen molar-refractivity contribution in [1.82, 2.24) is 4.90 Å². The van der Waals surface area contributed by atoms with Gasteiger partial charge in [0.1, 0.15) is 12.4 Å². The molecule has 1 aliphatic heterocycles. The van der Waals surface area contributed by atoms with Crippen molar-refractivity contribution in [2.75, 3.05) is 6.54 Å². The third-order valence-corrected chi connectivity index (χ3v) is 1.78. The second-order valence-corrected chi connectivity index (χ2v) is 2.47. The van der Waals surface area contributed by atoms with Crippen LogP contribution in [-0.2, 0) is 4.79 Å². The largest absolute Gasteiger partial charge is 0.480 e. The first-order valence-electron chi connectivity index (χ1n) is 3.42. The maximum Gasteiger partial charge on any atom is 0.326 e. The van der Waals surface area contributed by atoms with Crippen LogP contribution in [0.4, 0.5) is 0 Å². The molecule has 0 amide bonds. The average molecular weight is 158 g/mol. The highest BCUT2D eigenvalue weighted by molar-refractivity contribution is 5.77. The fraction of sp³-hybridized carbons (Fsp3) is 0.667. The van der Waals surface area contributed by atoms with Crippen molar-refractivity contribution < 1.29 is 15.1 Å². The van der Waals surface area contributed by atoms with E-state index in [-0.39, 0.29) is 0 Å². The van der Waals surface area contributed by atoms with Gasteiger partial charge in [0.05, 0.1) is 0 Å². The van der Waals surface area contributed by atoms with Gasteiger partial charge in [0.15, 0.2) is 0 Å². The van der Waals surface area contributed by atoms with Gasteiger partial charge in [-0.05, 0) is 12.8 Å². The molecule has 0 aromatic heterocycles. The molecule has 1 fully saturated rings. The van der Waals surface area contributed by atoms with E-state index in [9.17, 15) is 4.79 Å². The number of hydrogen-bond acceptors (Lipinski definition) is 3. The van der Waals surface area contributed by atoms with Gasteiger partial charge in [0, 0.05) is 6.54 Å². The van der Waals surface area contributed by atoms with Gasteiger partial charge in [-0.1, -0.05) is 5.16 Å². The van der Waals surface area contributed by atoms with Crippen molar-refractivity contribution in [2.24, 2.45) is 5.16 Å². The maximum atomic E-state index is 10.5. The standard InChI is InChI=1S/C6H10N2O3/c9-6(10)5-2-1-3-8(5)4-7-11/h4-5,11H,1-3H2,(H,9,10)/b7-4+/t5-/m0/s1. The minimum absolute atomic E-state index is 0.508. The molecule has 1 aliphatic rings. The first kappa shape index (κ1) is 7.84. The van der Waals surface area contributed by atoms with Crippen LogP contribution in [0, 0.1) is 0 Å².